The fraction of sp³-hybridized carbons (Fsp3) is 0.300. The Balaban J connectivity index is 2.87. The molecule has 82 valence electrons. The van der Waals surface area contributed by atoms with Gasteiger partial charge in [-0.3, -0.25) is 4.79 Å². The number of carboxylic acid groups (broad SMARTS) is 1. The lowest BCUT2D eigenvalue weighted by atomic mass is 10.0. The van der Waals surface area contributed by atoms with Gasteiger partial charge in [-0.2, -0.15) is 0 Å². The summed E-state index contributed by atoms with van der Waals surface area (Å²) in [5.74, 6) is -1.45. The van der Waals surface area contributed by atoms with Crippen molar-refractivity contribution in [1.29, 1.82) is 0 Å². The number of rotatable bonds is 4. The molecule has 0 spiro atoms. The van der Waals surface area contributed by atoms with Crippen molar-refractivity contribution in [1.82, 2.24) is 0 Å². The molecule has 1 rings (SSSR count). The summed E-state index contributed by atoms with van der Waals surface area (Å²) in [6, 6.07) is 3.46. The lowest BCUT2D eigenvalue weighted by Gasteiger charge is -2.10. The molecular formula is C10H12FNO3. The van der Waals surface area contributed by atoms with Crippen molar-refractivity contribution >= 4 is 5.97 Å². The summed E-state index contributed by atoms with van der Waals surface area (Å²) in [6.07, 6.45) is -0.230. The standard InChI is InChI=1S/C10H12FNO3/c1-15-9-3-2-6(4-7(9)11)8(12)5-10(13)14/h2-4,8H,5,12H2,1H3,(H,13,14). The van der Waals surface area contributed by atoms with Crippen molar-refractivity contribution in [3.8, 4) is 5.75 Å². The zero-order valence-electron chi connectivity index (χ0n) is 8.24. The smallest absolute Gasteiger partial charge is 0.305 e. The number of carboxylic acids is 1. The Labute approximate surface area is 86.5 Å². The summed E-state index contributed by atoms with van der Waals surface area (Å²) in [7, 11) is 1.36. The number of hydrogen-bond acceptors (Lipinski definition) is 3. The van der Waals surface area contributed by atoms with Crippen molar-refractivity contribution in [2.45, 2.75) is 12.5 Å². The molecular weight excluding hydrogens is 201 g/mol. The number of aliphatic carboxylic acids is 1. The Morgan fingerprint density at radius 2 is 2.33 bits per heavy atom. The van der Waals surface area contributed by atoms with E-state index in [-0.39, 0.29) is 12.2 Å². The van der Waals surface area contributed by atoms with E-state index in [0.717, 1.165) is 0 Å². The van der Waals surface area contributed by atoms with Crippen LogP contribution in [-0.2, 0) is 4.79 Å². The van der Waals surface area contributed by atoms with E-state index >= 15 is 0 Å². The van der Waals surface area contributed by atoms with Crippen molar-refractivity contribution in [2.24, 2.45) is 5.73 Å². The number of methoxy groups -OCH3 is 1. The molecule has 0 fully saturated rings. The molecule has 1 atom stereocenters. The van der Waals surface area contributed by atoms with E-state index < -0.39 is 17.8 Å². The molecule has 0 aliphatic heterocycles. The summed E-state index contributed by atoms with van der Waals surface area (Å²) in [4.78, 5) is 10.4. The van der Waals surface area contributed by atoms with Gasteiger partial charge < -0.3 is 15.6 Å². The lowest BCUT2D eigenvalue weighted by molar-refractivity contribution is -0.137. The number of hydrogen-bond donors (Lipinski definition) is 2. The van der Waals surface area contributed by atoms with Crippen molar-refractivity contribution in [3.63, 3.8) is 0 Å². The Hall–Kier alpha value is -1.62. The minimum atomic E-state index is -1.02. The number of carbonyl (C=O) groups is 1. The summed E-state index contributed by atoms with van der Waals surface area (Å²) < 4.78 is 17.9. The fourth-order valence-corrected chi connectivity index (χ4v) is 1.22. The Morgan fingerprint density at radius 3 is 2.80 bits per heavy atom. The lowest BCUT2D eigenvalue weighted by Crippen LogP contribution is -2.15. The van der Waals surface area contributed by atoms with E-state index in [1.165, 1.54) is 19.2 Å². The third kappa shape index (κ3) is 2.92. The first-order valence-corrected chi connectivity index (χ1v) is 4.35. The molecule has 1 aromatic rings. The average Bonchev–Trinajstić information content (AvgIpc) is 2.16. The molecule has 0 heterocycles. The van der Waals surface area contributed by atoms with Gasteiger partial charge in [0.25, 0.3) is 0 Å². The first-order valence-electron chi connectivity index (χ1n) is 4.35. The van der Waals surface area contributed by atoms with Gasteiger partial charge in [-0.25, -0.2) is 4.39 Å². The summed E-state index contributed by atoms with van der Waals surface area (Å²) in [5, 5.41) is 8.52. The predicted octanol–water partition coefficient (Wildman–Crippen LogP) is 1.31. The zero-order valence-corrected chi connectivity index (χ0v) is 8.24. The highest BCUT2D eigenvalue weighted by atomic mass is 19.1. The van der Waals surface area contributed by atoms with Crippen LogP contribution in [0, 0.1) is 5.82 Å². The molecule has 0 aromatic heterocycles. The topological polar surface area (TPSA) is 72.5 Å². The number of ether oxygens (including phenoxy) is 1. The molecule has 0 bridgehead atoms. The SMILES string of the molecule is COc1ccc(C(N)CC(=O)O)cc1F. The molecule has 1 unspecified atom stereocenters. The summed E-state index contributed by atoms with van der Waals surface area (Å²) in [6.45, 7) is 0. The monoisotopic (exact) mass is 213 g/mol. The predicted molar refractivity (Wildman–Crippen MR) is 52.1 cm³/mol. The second-order valence-electron chi connectivity index (χ2n) is 3.10. The van der Waals surface area contributed by atoms with Crippen LogP contribution in [0.4, 0.5) is 4.39 Å². The van der Waals surface area contributed by atoms with Crippen LogP contribution < -0.4 is 10.5 Å². The number of nitrogens with two attached hydrogens (primary N) is 1. The minimum Gasteiger partial charge on any atom is -0.494 e. The summed E-state index contributed by atoms with van der Waals surface area (Å²) >= 11 is 0. The normalized spacial score (nSPS) is 12.2. The maximum absolute atomic E-state index is 13.2. The van der Waals surface area contributed by atoms with Gasteiger partial charge in [0.1, 0.15) is 0 Å². The fourth-order valence-electron chi connectivity index (χ4n) is 1.22. The van der Waals surface area contributed by atoms with E-state index in [1.54, 1.807) is 6.07 Å². The third-order valence-corrected chi connectivity index (χ3v) is 2.00. The van der Waals surface area contributed by atoms with Gasteiger partial charge in [-0.1, -0.05) is 6.07 Å². The number of halogens is 1. The zero-order chi connectivity index (χ0) is 11.4. The Bertz CT molecular complexity index is 368. The Morgan fingerprint density at radius 1 is 1.67 bits per heavy atom. The number of benzene rings is 1. The van der Waals surface area contributed by atoms with Gasteiger partial charge in [-0.05, 0) is 17.7 Å². The molecule has 15 heavy (non-hydrogen) atoms. The quantitative estimate of drug-likeness (QED) is 0.790. The largest absolute Gasteiger partial charge is 0.494 e. The highest BCUT2D eigenvalue weighted by Crippen LogP contribution is 2.22. The maximum Gasteiger partial charge on any atom is 0.305 e. The van der Waals surface area contributed by atoms with Gasteiger partial charge in [0.2, 0.25) is 0 Å². The first kappa shape index (κ1) is 11.5. The van der Waals surface area contributed by atoms with Gasteiger partial charge >= 0.3 is 5.97 Å². The van der Waals surface area contributed by atoms with E-state index in [2.05, 4.69) is 0 Å². The maximum atomic E-state index is 13.2. The minimum absolute atomic E-state index is 0.112. The van der Waals surface area contributed by atoms with Crippen LogP contribution in [-0.4, -0.2) is 18.2 Å². The highest BCUT2D eigenvalue weighted by Gasteiger charge is 2.12. The van der Waals surface area contributed by atoms with Crippen molar-refractivity contribution < 1.29 is 19.0 Å². The van der Waals surface area contributed by atoms with Gasteiger partial charge in [-0.15, -0.1) is 0 Å². The summed E-state index contributed by atoms with van der Waals surface area (Å²) in [5.41, 5.74) is 6.01. The molecule has 1 aromatic carbocycles. The van der Waals surface area contributed by atoms with Gasteiger partial charge in [0, 0.05) is 6.04 Å². The van der Waals surface area contributed by atoms with Gasteiger partial charge in [0.15, 0.2) is 11.6 Å². The average molecular weight is 213 g/mol. The molecule has 0 aliphatic carbocycles. The van der Waals surface area contributed by atoms with Crippen LogP contribution >= 0.6 is 0 Å². The molecule has 0 saturated carbocycles. The van der Waals surface area contributed by atoms with Crippen LogP contribution in [0.3, 0.4) is 0 Å². The molecule has 3 N–H and O–H groups in total. The molecule has 0 radical (unpaired) electrons. The third-order valence-electron chi connectivity index (χ3n) is 2.00. The van der Waals surface area contributed by atoms with Crippen LogP contribution in [0.1, 0.15) is 18.0 Å². The van der Waals surface area contributed by atoms with Crippen LogP contribution in [0.2, 0.25) is 0 Å². The molecule has 0 aliphatic rings. The van der Waals surface area contributed by atoms with E-state index in [1.807, 2.05) is 0 Å². The van der Waals surface area contributed by atoms with Crippen LogP contribution in [0.5, 0.6) is 5.75 Å². The van der Waals surface area contributed by atoms with E-state index in [9.17, 15) is 9.18 Å². The molecule has 0 saturated heterocycles. The Kier molecular flexibility index (Phi) is 3.62. The van der Waals surface area contributed by atoms with E-state index in [4.69, 9.17) is 15.6 Å². The second kappa shape index (κ2) is 4.75. The van der Waals surface area contributed by atoms with E-state index in [0.29, 0.717) is 5.56 Å². The van der Waals surface area contributed by atoms with Gasteiger partial charge in [0.05, 0.1) is 13.5 Å². The van der Waals surface area contributed by atoms with Crippen LogP contribution in [0.25, 0.3) is 0 Å². The highest BCUT2D eigenvalue weighted by molar-refractivity contribution is 5.67. The first-order chi connectivity index (χ1) is 7.04. The van der Waals surface area contributed by atoms with Crippen molar-refractivity contribution in [2.75, 3.05) is 7.11 Å². The van der Waals surface area contributed by atoms with Crippen molar-refractivity contribution in [3.05, 3.63) is 29.6 Å². The molecule has 5 heteroatoms. The molecule has 0 amide bonds. The van der Waals surface area contributed by atoms with Crippen LogP contribution in [0.15, 0.2) is 18.2 Å². The second-order valence-corrected chi connectivity index (χ2v) is 3.10. The molecule has 4 nitrogen and oxygen atoms in total.